The largest absolute Gasteiger partial charge is 0.135 e. The van der Waals surface area contributed by atoms with Crippen molar-refractivity contribution in [3.63, 3.8) is 0 Å². The summed E-state index contributed by atoms with van der Waals surface area (Å²) < 4.78 is 5.20. The van der Waals surface area contributed by atoms with Crippen LogP contribution in [0.25, 0.3) is 217 Å². The molecule has 0 N–H and O–H groups in total. The Morgan fingerprint density at radius 2 is 0.384 bits per heavy atom. The highest BCUT2D eigenvalue weighted by atomic mass is 32.1. The molecule has 0 spiro atoms. The Hall–Kier alpha value is -17.2. The van der Waals surface area contributed by atoms with Crippen molar-refractivity contribution in [3.8, 4) is 134 Å². The van der Waals surface area contributed by atoms with E-state index in [1.807, 2.05) is 22.7 Å². The molecule has 2 heterocycles. The van der Waals surface area contributed by atoms with Gasteiger partial charge in [-0.15, -0.1) is 22.7 Å². The minimum atomic E-state index is -0.514. The Kier molecular flexibility index (Phi) is 19.4. The summed E-state index contributed by atoms with van der Waals surface area (Å²) in [5.41, 5.74) is 45.1. The smallest absolute Gasteiger partial charge is 0.0713 e. The lowest BCUT2D eigenvalue weighted by Gasteiger charge is -2.34. The first-order valence-corrected chi connectivity index (χ1v) is 52.7. The number of benzene rings is 24. The van der Waals surface area contributed by atoms with Gasteiger partial charge in [0.1, 0.15) is 0 Å². The Bertz CT molecular complexity index is 9820. The van der Waals surface area contributed by atoms with E-state index >= 15 is 0 Å². The van der Waals surface area contributed by atoms with E-state index < -0.39 is 10.8 Å². The van der Waals surface area contributed by atoms with Crippen LogP contribution in [0, 0.1) is 0 Å². The van der Waals surface area contributed by atoms with Crippen LogP contribution in [0.4, 0.5) is 0 Å². The van der Waals surface area contributed by atoms with E-state index in [1.54, 1.807) is 0 Å². The third-order valence-electron chi connectivity index (χ3n) is 33.1. The van der Waals surface area contributed by atoms with Gasteiger partial charge in [0.05, 0.1) is 10.8 Å². The van der Waals surface area contributed by atoms with Crippen LogP contribution in [0.15, 0.2) is 510 Å². The summed E-state index contributed by atoms with van der Waals surface area (Å²) >= 11 is 3.82. The van der Waals surface area contributed by atoms with E-state index in [0.717, 1.165) is 0 Å². The van der Waals surface area contributed by atoms with Gasteiger partial charge in [-0.25, -0.2) is 0 Å². The molecule has 0 unspecified atom stereocenters. The van der Waals surface area contributed by atoms with Gasteiger partial charge >= 0.3 is 0 Å². The standard InChI is InChI=1S/C82H52S.C62H44S/c1-5-22-60(23-6-1)81(61-24-7-2-8-25-61)75-35-19-17-33-67(75)69-44-41-56(51-77(69)81)55-43-46-79-73(47-55)74-50-59(49-72(80(74)83-79)54-39-37-53(38-40-54)71-48-58-21-13-14-30-64(58)65-31-15-16-32-66(65)71)57-42-45-70-68-34-18-20-36-76(68)82(78(70)52-57,62-26-9-3-10-27-62)63-28-11-4-12-29-63;1-61(2)55-19-11-9-17-47(55)49-28-25-40(35-57(49)61)39-27-30-59-53(31-39)54-34-43(41-26-29-50-48-18-10-12-20-56(48)62(3,4)58(50)36-41)33-52(60(54)63-59)38-23-21-37(22-24-38)51-32-42-13-5-6-14-44(42)45-15-7-8-16-46(45)51/h1-52H;5-36H,1-4H3. The molecule has 0 saturated heterocycles. The molecular weight excluding hydrogens is 1790 g/mol. The second-order valence-electron chi connectivity index (χ2n) is 41.4. The zero-order valence-corrected chi connectivity index (χ0v) is 82.9. The zero-order chi connectivity index (χ0) is 96.8. The SMILES string of the molecule is CC1(C)c2ccccc2-c2ccc(-c3ccc4sc5c(-c6ccc(-c7cc8ccccc8c8ccccc78)cc6)cc(-c6ccc7c(c6)C(C)(C)c6ccccc6-7)cc5c4c3)cc21.c1ccc(C2(c3ccccc3)c3ccccc3-c3ccc(-c4ccc5sc6c(-c7ccc(-c8cc9ccccc9c9ccccc89)cc7)cc(-c7ccc8c(c7)C(c7ccccc7)(c7ccccc7)c7ccccc7-8)cc6c5c4)cc32)cc1. The molecule has 30 rings (SSSR count). The second kappa shape index (κ2) is 33.2. The van der Waals surface area contributed by atoms with Crippen LogP contribution >= 0.6 is 22.7 Å². The van der Waals surface area contributed by atoms with Crippen molar-refractivity contribution in [2.24, 2.45) is 0 Å². The molecule has 4 aliphatic rings. The number of fused-ring (bicyclic) bond motifs is 24. The van der Waals surface area contributed by atoms with Gasteiger partial charge < -0.3 is 0 Å². The molecule has 684 valence electrons. The summed E-state index contributed by atoms with van der Waals surface area (Å²) in [6.07, 6.45) is 0. The first-order valence-electron chi connectivity index (χ1n) is 51.1. The van der Waals surface area contributed by atoms with Crippen LogP contribution in [0.1, 0.15) is 94.5 Å². The van der Waals surface area contributed by atoms with E-state index in [4.69, 9.17) is 0 Å². The lowest BCUT2D eigenvalue weighted by molar-refractivity contribution is 0.660. The second-order valence-corrected chi connectivity index (χ2v) is 43.5. The molecule has 2 aromatic heterocycles. The minimum Gasteiger partial charge on any atom is -0.135 e. The van der Waals surface area contributed by atoms with Crippen molar-refractivity contribution in [2.45, 2.75) is 49.4 Å². The Labute approximate surface area is 858 Å². The lowest BCUT2D eigenvalue weighted by Crippen LogP contribution is -2.28. The van der Waals surface area contributed by atoms with E-state index in [1.165, 1.54) is 284 Å². The van der Waals surface area contributed by atoms with Crippen molar-refractivity contribution >= 4 is 106 Å². The van der Waals surface area contributed by atoms with Crippen molar-refractivity contribution < 1.29 is 0 Å². The van der Waals surface area contributed by atoms with E-state index in [2.05, 4.69) is 537 Å². The van der Waals surface area contributed by atoms with Gasteiger partial charge in [0.2, 0.25) is 0 Å². The number of thiophene rings is 2. The number of hydrogen-bond acceptors (Lipinski definition) is 2. The molecular formula is C144H96S2. The molecule has 4 aliphatic carbocycles. The molecule has 0 radical (unpaired) electrons. The summed E-state index contributed by atoms with van der Waals surface area (Å²) in [6, 6.07) is 192. The predicted molar refractivity (Wildman–Crippen MR) is 622 cm³/mol. The quantitative estimate of drug-likeness (QED) is 0.107. The number of hydrogen-bond donors (Lipinski definition) is 0. The van der Waals surface area contributed by atoms with E-state index in [-0.39, 0.29) is 10.8 Å². The van der Waals surface area contributed by atoms with E-state index in [0.29, 0.717) is 0 Å². The average Bonchev–Trinajstić information content (AvgIpc) is 1.53. The van der Waals surface area contributed by atoms with Crippen LogP contribution in [0.3, 0.4) is 0 Å². The zero-order valence-electron chi connectivity index (χ0n) is 81.3. The summed E-state index contributed by atoms with van der Waals surface area (Å²) in [5.74, 6) is 0. The van der Waals surface area contributed by atoms with Gasteiger partial charge in [-0.2, -0.15) is 0 Å². The van der Waals surface area contributed by atoms with Gasteiger partial charge in [0.25, 0.3) is 0 Å². The van der Waals surface area contributed by atoms with Gasteiger partial charge in [0, 0.05) is 62.3 Å². The molecule has 0 aliphatic heterocycles. The summed E-state index contributed by atoms with van der Waals surface area (Å²) in [6.45, 7) is 9.50. The van der Waals surface area contributed by atoms with Gasteiger partial charge in [0.15, 0.2) is 0 Å². The van der Waals surface area contributed by atoms with E-state index in [9.17, 15) is 0 Å². The molecule has 0 nitrogen and oxygen atoms in total. The lowest BCUT2D eigenvalue weighted by atomic mass is 9.67. The van der Waals surface area contributed by atoms with Crippen LogP contribution < -0.4 is 0 Å². The fourth-order valence-electron chi connectivity index (χ4n) is 26.1. The Morgan fingerprint density at radius 1 is 0.137 bits per heavy atom. The minimum absolute atomic E-state index is 0.0480. The van der Waals surface area contributed by atoms with Crippen LogP contribution in [-0.4, -0.2) is 0 Å². The maximum atomic E-state index is 2.52. The first kappa shape index (κ1) is 85.5. The summed E-state index contributed by atoms with van der Waals surface area (Å²) in [7, 11) is 0. The van der Waals surface area contributed by atoms with Crippen molar-refractivity contribution in [3.05, 3.63) is 576 Å². The average molecular weight is 1890 g/mol. The first-order chi connectivity index (χ1) is 71.9. The van der Waals surface area contributed by atoms with Gasteiger partial charge in [-0.1, -0.05) is 452 Å². The molecule has 0 atom stereocenters. The topological polar surface area (TPSA) is 0 Å². The maximum absolute atomic E-state index is 2.52. The van der Waals surface area contributed by atoms with Crippen LogP contribution in [0.5, 0.6) is 0 Å². The van der Waals surface area contributed by atoms with Crippen molar-refractivity contribution in [1.29, 1.82) is 0 Å². The summed E-state index contributed by atoms with van der Waals surface area (Å²) in [5, 5.41) is 15.4. The molecule has 0 bridgehead atoms. The maximum Gasteiger partial charge on any atom is 0.0713 e. The third-order valence-corrected chi connectivity index (χ3v) is 35.5. The van der Waals surface area contributed by atoms with Crippen molar-refractivity contribution in [2.75, 3.05) is 0 Å². The Balaban J connectivity index is 0.000000144. The number of rotatable bonds is 12. The van der Waals surface area contributed by atoms with Gasteiger partial charge in [-0.05, 0) is 317 Å². The molecule has 0 amide bonds. The molecule has 146 heavy (non-hydrogen) atoms. The third kappa shape index (κ3) is 13.0. The van der Waals surface area contributed by atoms with Crippen molar-refractivity contribution in [1.82, 2.24) is 0 Å². The normalized spacial score (nSPS) is 13.8. The summed E-state index contributed by atoms with van der Waals surface area (Å²) in [4.78, 5) is 0. The highest BCUT2D eigenvalue weighted by molar-refractivity contribution is 7.26. The molecule has 2 heteroatoms. The monoisotopic (exact) mass is 1890 g/mol. The fraction of sp³-hybridized carbons (Fsp3) is 0.0556. The van der Waals surface area contributed by atoms with Crippen LogP contribution in [-0.2, 0) is 21.7 Å². The Morgan fingerprint density at radius 3 is 0.747 bits per heavy atom. The van der Waals surface area contributed by atoms with Gasteiger partial charge in [-0.3, -0.25) is 0 Å². The predicted octanol–water partition coefficient (Wildman–Crippen LogP) is 39.4. The highest BCUT2D eigenvalue weighted by Crippen LogP contribution is 2.62. The molecule has 0 fully saturated rings. The molecule has 24 aromatic carbocycles. The fourth-order valence-corrected chi connectivity index (χ4v) is 28.5. The molecule has 26 aromatic rings. The van der Waals surface area contributed by atoms with Crippen LogP contribution in [0.2, 0.25) is 0 Å². The highest BCUT2D eigenvalue weighted by Gasteiger charge is 2.49. The molecule has 0 saturated carbocycles.